The summed E-state index contributed by atoms with van der Waals surface area (Å²) in [5.74, 6) is 0. The molecule has 0 saturated heterocycles. The van der Waals surface area contributed by atoms with Gasteiger partial charge in [-0.25, -0.2) is 8.42 Å². The van der Waals surface area contributed by atoms with Gasteiger partial charge < -0.3 is 14.2 Å². The molecular formula is C34H32Cl2N2O4S3. The van der Waals surface area contributed by atoms with Crippen molar-refractivity contribution >= 4 is 78.4 Å². The predicted molar refractivity (Wildman–Crippen MR) is 186 cm³/mol. The first-order valence-corrected chi connectivity index (χ1v) is 18.1. The van der Waals surface area contributed by atoms with Gasteiger partial charge in [-0.2, -0.15) is 4.57 Å². The van der Waals surface area contributed by atoms with Crippen molar-refractivity contribution in [3.63, 3.8) is 0 Å². The summed E-state index contributed by atoms with van der Waals surface area (Å²) in [5, 5.41) is 3.95. The van der Waals surface area contributed by atoms with Gasteiger partial charge in [-0.3, -0.25) is 0 Å². The van der Waals surface area contributed by atoms with Gasteiger partial charge in [-0.15, -0.1) is 0 Å². The fourth-order valence-electron chi connectivity index (χ4n) is 4.92. The van der Waals surface area contributed by atoms with E-state index in [9.17, 15) is 13.0 Å². The van der Waals surface area contributed by atoms with E-state index in [1.807, 2.05) is 31.2 Å². The molecule has 3 aromatic carbocycles. The van der Waals surface area contributed by atoms with E-state index in [2.05, 4.69) is 65.8 Å². The largest absolute Gasteiger partial charge is 0.744 e. The quantitative estimate of drug-likeness (QED) is 0.148. The lowest BCUT2D eigenvalue weighted by Crippen LogP contribution is -2.33. The summed E-state index contributed by atoms with van der Waals surface area (Å²) in [6.07, 6.45) is 10.9. The molecule has 11 heteroatoms. The Kier molecular flexibility index (Phi) is 10.9. The summed E-state index contributed by atoms with van der Waals surface area (Å²) in [6, 6.07) is 18.0. The summed E-state index contributed by atoms with van der Waals surface area (Å²) in [4.78, 5) is 3.34. The van der Waals surface area contributed by atoms with Gasteiger partial charge in [0.1, 0.15) is 21.4 Å². The van der Waals surface area contributed by atoms with Crippen molar-refractivity contribution in [3.05, 3.63) is 122 Å². The zero-order valence-corrected chi connectivity index (χ0v) is 29.0. The van der Waals surface area contributed by atoms with Crippen LogP contribution in [0.1, 0.15) is 24.4 Å². The van der Waals surface area contributed by atoms with E-state index in [4.69, 9.17) is 27.9 Å². The first kappa shape index (κ1) is 33.5. The Bertz CT molecular complexity index is 1950. The number of aromatic nitrogens is 1. The Labute approximate surface area is 282 Å². The molecule has 3 heterocycles. The highest BCUT2D eigenvalue weighted by Gasteiger charge is 2.23. The number of hydrogen-bond donors (Lipinski definition) is 0. The minimum absolute atomic E-state index is 0.178. The molecule has 6 rings (SSSR count). The normalized spacial score (nSPS) is 16.8. The van der Waals surface area contributed by atoms with Gasteiger partial charge in [0.2, 0.25) is 5.52 Å². The Morgan fingerprint density at radius 3 is 2.42 bits per heavy atom. The number of rotatable bonds is 6. The van der Waals surface area contributed by atoms with Crippen LogP contribution < -0.4 is 9.47 Å². The maximum absolute atomic E-state index is 10.4. The smallest absolute Gasteiger partial charge is 0.262 e. The van der Waals surface area contributed by atoms with Crippen molar-refractivity contribution in [1.29, 1.82) is 0 Å². The van der Waals surface area contributed by atoms with E-state index < -0.39 is 10.1 Å². The minimum atomic E-state index is -4.27. The third-order valence-electron chi connectivity index (χ3n) is 7.12. The van der Waals surface area contributed by atoms with Crippen LogP contribution in [0.15, 0.2) is 111 Å². The number of thioether (sulfide) groups is 1. The molecule has 0 aliphatic carbocycles. The number of fused-ring (bicyclic) bond motifs is 2. The molecule has 0 bridgehead atoms. The van der Waals surface area contributed by atoms with Crippen molar-refractivity contribution < 1.29 is 22.3 Å². The van der Waals surface area contributed by atoms with Crippen LogP contribution in [-0.2, 0) is 21.4 Å². The molecule has 0 N–H and O–H groups in total. The van der Waals surface area contributed by atoms with Crippen molar-refractivity contribution in [2.24, 2.45) is 0 Å². The summed E-state index contributed by atoms with van der Waals surface area (Å²) in [7, 11) is -4.27. The zero-order chi connectivity index (χ0) is 32.1. The zero-order valence-electron chi connectivity index (χ0n) is 25.0. The van der Waals surface area contributed by atoms with Gasteiger partial charge in [-0.05, 0) is 86.5 Å². The third kappa shape index (κ3) is 8.29. The van der Waals surface area contributed by atoms with Crippen LogP contribution in [0.25, 0.3) is 16.3 Å². The summed E-state index contributed by atoms with van der Waals surface area (Å²) >= 11 is 15.9. The topological polar surface area (TPSA) is 73.5 Å². The summed E-state index contributed by atoms with van der Waals surface area (Å²) < 4.78 is 40.6. The molecule has 0 spiro atoms. The summed E-state index contributed by atoms with van der Waals surface area (Å²) in [6.45, 7) is 9.22. The fourth-order valence-corrected chi connectivity index (χ4v) is 8.20. The van der Waals surface area contributed by atoms with E-state index in [0.29, 0.717) is 13.2 Å². The Morgan fingerprint density at radius 2 is 1.71 bits per heavy atom. The van der Waals surface area contributed by atoms with Crippen molar-refractivity contribution in [3.8, 4) is 0 Å². The molecular weight excluding hydrogens is 667 g/mol. The van der Waals surface area contributed by atoms with Gasteiger partial charge in [0, 0.05) is 33.6 Å². The Balaban J connectivity index is 0.000000309. The fraction of sp³-hybridized carbons (Fsp3) is 0.206. The number of anilines is 1. The van der Waals surface area contributed by atoms with Crippen LogP contribution in [0.3, 0.4) is 0 Å². The van der Waals surface area contributed by atoms with Crippen molar-refractivity contribution in [1.82, 2.24) is 0 Å². The summed E-state index contributed by atoms with van der Waals surface area (Å²) in [5.41, 5.74) is 5.69. The highest BCUT2D eigenvalue weighted by molar-refractivity contribution is 8.03. The molecule has 0 amide bonds. The number of hydrogen-bond acceptors (Lipinski definition) is 7. The predicted octanol–water partition coefficient (Wildman–Crippen LogP) is 8.78. The maximum atomic E-state index is 10.4. The lowest BCUT2D eigenvalue weighted by atomic mass is 10.1. The number of nitrogens with zero attached hydrogens (tertiary/aromatic N) is 2. The molecule has 0 saturated carbocycles. The van der Waals surface area contributed by atoms with Crippen LogP contribution in [0.4, 0.5) is 5.69 Å². The second-order valence-electron chi connectivity index (χ2n) is 10.3. The number of allylic oxidation sites excluding steroid dienone is 2. The molecule has 4 aromatic rings. The highest BCUT2D eigenvalue weighted by Crippen LogP contribution is 2.46. The lowest BCUT2D eigenvalue weighted by molar-refractivity contribution is -0.665. The first-order chi connectivity index (χ1) is 21.5. The first-order valence-electron chi connectivity index (χ1n) is 14.3. The molecule has 45 heavy (non-hydrogen) atoms. The molecule has 0 unspecified atom stereocenters. The van der Waals surface area contributed by atoms with Gasteiger partial charge in [0.05, 0.1) is 28.8 Å². The van der Waals surface area contributed by atoms with Crippen molar-refractivity contribution in [2.45, 2.75) is 37.1 Å². The second-order valence-corrected chi connectivity index (χ2v) is 14.7. The molecule has 2 aliphatic rings. The van der Waals surface area contributed by atoms with Crippen LogP contribution >= 0.6 is 46.3 Å². The van der Waals surface area contributed by atoms with Crippen LogP contribution in [-0.4, -0.2) is 32.7 Å². The van der Waals surface area contributed by atoms with Gasteiger partial charge in [0.25, 0.3) is 5.01 Å². The number of ether oxygens (including phenoxy) is 1. The number of thiazole rings is 1. The van der Waals surface area contributed by atoms with Crippen molar-refractivity contribution in [2.75, 3.05) is 24.7 Å². The molecule has 0 fully saturated rings. The van der Waals surface area contributed by atoms with Crippen LogP contribution in [0.2, 0.25) is 10.0 Å². The van der Waals surface area contributed by atoms with Crippen LogP contribution in [0.5, 0.6) is 0 Å². The van der Waals surface area contributed by atoms with Crippen LogP contribution in [0, 0.1) is 6.92 Å². The SMILES string of the molecule is CCN1/C(=C/C=C2C=C(/C=C/c3sc4cc(Cl)ccc4[n+]3CC)COC/2)Sc2cc(Cl)ccc21.Cc1ccc(S(=O)(=O)[O-])cc1. The average Bonchev–Trinajstić information content (AvgIpc) is 3.55. The molecule has 0 radical (unpaired) electrons. The molecule has 1 aromatic heterocycles. The number of aryl methyl sites for hydroxylation is 2. The Morgan fingerprint density at radius 1 is 0.978 bits per heavy atom. The molecule has 0 atom stereocenters. The van der Waals surface area contributed by atoms with E-state index in [-0.39, 0.29) is 4.90 Å². The molecule has 234 valence electrons. The monoisotopic (exact) mass is 698 g/mol. The minimum Gasteiger partial charge on any atom is -0.744 e. The van der Waals surface area contributed by atoms with Gasteiger partial charge >= 0.3 is 0 Å². The van der Waals surface area contributed by atoms with Gasteiger partial charge in [0.15, 0.2) is 0 Å². The average molecular weight is 700 g/mol. The lowest BCUT2D eigenvalue weighted by Gasteiger charge is -2.18. The highest BCUT2D eigenvalue weighted by atomic mass is 35.5. The second kappa shape index (κ2) is 14.7. The number of benzene rings is 3. The molecule has 2 aliphatic heterocycles. The Hall–Kier alpha value is -2.89. The third-order valence-corrected chi connectivity index (χ3v) is 10.7. The van der Waals surface area contributed by atoms with E-state index >= 15 is 0 Å². The van der Waals surface area contributed by atoms with E-state index in [0.717, 1.165) is 39.8 Å². The number of halogens is 2. The van der Waals surface area contributed by atoms with Gasteiger partial charge in [-0.1, -0.05) is 76.1 Å². The van der Waals surface area contributed by atoms with E-state index in [1.54, 1.807) is 35.2 Å². The van der Waals surface area contributed by atoms with E-state index in [1.165, 1.54) is 43.0 Å². The molecule has 6 nitrogen and oxygen atoms in total. The standard InChI is InChI=1S/C27H25Cl2N2OS2.C7H8O3S/c1-3-30-22-9-7-20(28)14-24(22)33-26(30)11-5-18-13-19(17-32-16-18)6-12-27-31(4-2)23-10-8-21(29)15-25(23)34-27;1-6-2-4-7(5-3-6)11(8,9)10/h5-15H,3-4,16-17H2,1-2H3;2-5H,1H3,(H,8,9,10)/q+1;/p-1. The maximum Gasteiger partial charge on any atom is 0.262 e.